The SMILES string of the molecule is COc1cc(C2/C(=C(\O)c3c(C)nc4ccccn34)C(=O)C(=O)N2c2nnc(SCc3ccc(Cl)cc3)s2)ccc1OCCC(C)C. The number of imidazole rings is 1. The lowest BCUT2D eigenvalue weighted by atomic mass is 9.96. The van der Waals surface area contributed by atoms with E-state index in [0.717, 1.165) is 12.0 Å². The van der Waals surface area contributed by atoms with Crippen molar-refractivity contribution in [3.8, 4) is 11.5 Å². The summed E-state index contributed by atoms with van der Waals surface area (Å²) in [6.45, 7) is 6.48. The van der Waals surface area contributed by atoms with Crippen LogP contribution in [0.15, 0.2) is 76.8 Å². The number of nitrogens with zero attached hydrogens (tertiary/aromatic N) is 5. The number of hydrogen-bond donors (Lipinski definition) is 1. The van der Waals surface area contributed by atoms with Gasteiger partial charge in [-0.2, -0.15) is 0 Å². The zero-order chi connectivity index (χ0) is 33.2. The summed E-state index contributed by atoms with van der Waals surface area (Å²) in [6, 6.07) is 17.1. The molecule has 0 saturated carbocycles. The number of ketones is 1. The van der Waals surface area contributed by atoms with E-state index in [1.54, 1.807) is 47.9 Å². The third kappa shape index (κ3) is 6.58. The van der Waals surface area contributed by atoms with Gasteiger partial charge in [-0.25, -0.2) is 4.98 Å². The van der Waals surface area contributed by atoms with E-state index in [0.29, 0.717) is 61.7 Å². The second-order valence-corrected chi connectivity index (χ2v) is 14.0. The number of halogens is 1. The van der Waals surface area contributed by atoms with E-state index in [9.17, 15) is 14.7 Å². The van der Waals surface area contributed by atoms with Crippen LogP contribution in [0.3, 0.4) is 0 Å². The van der Waals surface area contributed by atoms with Gasteiger partial charge in [-0.15, -0.1) is 10.2 Å². The van der Waals surface area contributed by atoms with Crippen molar-refractivity contribution in [2.45, 2.75) is 43.3 Å². The van der Waals surface area contributed by atoms with Gasteiger partial charge >= 0.3 is 5.91 Å². The fourth-order valence-corrected chi connectivity index (χ4v) is 7.28. The fourth-order valence-electron chi connectivity index (χ4n) is 5.33. The van der Waals surface area contributed by atoms with Crippen molar-refractivity contribution in [2.24, 2.45) is 5.92 Å². The molecule has 0 spiro atoms. The number of carbonyl (C=O) groups is 2. The van der Waals surface area contributed by atoms with Gasteiger partial charge in [0, 0.05) is 17.0 Å². The van der Waals surface area contributed by atoms with Crippen molar-refractivity contribution in [2.75, 3.05) is 18.6 Å². The first kappa shape index (κ1) is 32.5. The lowest BCUT2D eigenvalue weighted by Gasteiger charge is -2.23. The molecule has 1 aliphatic heterocycles. The van der Waals surface area contributed by atoms with E-state index in [2.05, 4.69) is 29.0 Å². The van der Waals surface area contributed by atoms with Crippen LogP contribution in [0.2, 0.25) is 5.02 Å². The van der Waals surface area contributed by atoms with Crippen molar-refractivity contribution in [3.05, 3.63) is 100.0 Å². The molecule has 47 heavy (non-hydrogen) atoms. The number of ether oxygens (including phenoxy) is 2. The number of fused-ring (bicyclic) bond motifs is 1. The maximum atomic E-state index is 13.9. The third-order valence-electron chi connectivity index (χ3n) is 7.71. The summed E-state index contributed by atoms with van der Waals surface area (Å²) in [6.07, 6.45) is 2.61. The van der Waals surface area contributed by atoms with Gasteiger partial charge in [0.1, 0.15) is 11.3 Å². The number of aliphatic hydroxyl groups excluding tert-OH is 1. The molecule has 0 aliphatic carbocycles. The van der Waals surface area contributed by atoms with Gasteiger partial charge in [0.15, 0.2) is 21.6 Å². The predicted molar refractivity (Wildman–Crippen MR) is 184 cm³/mol. The minimum Gasteiger partial charge on any atom is -0.505 e. The number of anilines is 1. The molecule has 1 aliphatic rings. The average molecular weight is 690 g/mol. The van der Waals surface area contributed by atoms with E-state index in [1.165, 1.54) is 35.1 Å². The monoisotopic (exact) mass is 689 g/mol. The maximum absolute atomic E-state index is 13.9. The summed E-state index contributed by atoms with van der Waals surface area (Å²) in [5, 5.41) is 21.4. The molecule has 0 bridgehead atoms. The number of carbonyl (C=O) groups excluding carboxylic acids is 2. The Labute approximate surface area is 285 Å². The van der Waals surface area contributed by atoms with Gasteiger partial charge in [0.2, 0.25) is 5.13 Å². The molecule has 4 heterocycles. The van der Waals surface area contributed by atoms with Gasteiger partial charge < -0.3 is 14.6 Å². The number of hydrogen-bond acceptors (Lipinski definition) is 10. The minimum absolute atomic E-state index is 0.0927. The van der Waals surface area contributed by atoms with Crippen molar-refractivity contribution >= 4 is 62.9 Å². The molecule has 6 rings (SSSR count). The topological polar surface area (TPSA) is 119 Å². The summed E-state index contributed by atoms with van der Waals surface area (Å²) in [5.74, 6) is 0.0121. The van der Waals surface area contributed by atoms with E-state index in [-0.39, 0.29) is 16.5 Å². The molecule has 242 valence electrons. The summed E-state index contributed by atoms with van der Waals surface area (Å²) >= 11 is 8.67. The molecule has 1 amide bonds. The Morgan fingerprint density at radius 3 is 2.62 bits per heavy atom. The van der Waals surface area contributed by atoms with Crippen molar-refractivity contribution in [1.82, 2.24) is 19.6 Å². The van der Waals surface area contributed by atoms with Crippen LogP contribution in [0.1, 0.15) is 48.8 Å². The van der Waals surface area contributed by atoms with Crippen LogP contribution < -0.4 is 14.4 Å². The Hall–Kier alpha value is -4.39. The molecule has 10 nitrogen and oxygen atoms in total. The molecule has 3 aromatic heterocycles. The fraction of sp³-hybridized carbons (Fsp3) is 0.265. The summed E-state index contributed by atoms with van der Waals surface area (Å²) in [7, 11) is 1.53. The van der Waals surface area contributed by atoms with Crippen molar-refractivity contribution < 1.29 is 24.2 Å². The number of amides is 1. The highest BCUT2D eigenvalue weighted by molar-refractivity contribution is 8.00. The Bertz CT molecular complexity index is 1990. The number of rotatable bonds is 11. The number of aromatic nitrogens is 4. The van der Waals surface area contributed by atoms with Crippen LogP contribution in [0.4, 0.5) is 5.13 Å². The lowest BCUT2D eigenvalue weighted by molar-refractivity contribution is -0.132. The molecule has 1 N–H and O–H groups in total. The summed E-state index contributed by atoms with van der Waals surface area (Å²) in [5.41, 5.74) is 2.89. The van der Waals surface area contributed by atoms with Crippen LogP contribution in [0.25, 0.3) is 11.4 Å². The number of pyridine rings is 1. The Morgan fingerprint density at radius 2 is 1.87 bits per heavy atom. The Morgan fingerprint density at radius 1 is 1.09 bits per heavy atom. The van der Waals surface area contributed by atoms with Crippen LogP contribution in [-0.2, 0) is 15.3 Å². The molecule has 0 radical (unpaired) electrons. The second kappa shape index (κ2) is 13.8. The van der Waals surface area contributed by atoms with E-state index >= 15 is 0 Å². The normalized spacial score (nSPS) is 16.0. The molecule has 1 fully saturated rings. The molecule has 13 heteroatoms. The number of benzene rings is 2. The highest BCUT2D eigenvalue weighted by Gasteiger charge is 2.49. The number of aliphatic hydroxyl groups is 1. The predicted octanol–water partition coefficient (Wildman–Crippen LogP) is 7.50. The van der Waals surface area contributed by atoms with Crippen molar-refractivity contribution in [3.63, 3.8) is 0 Å². The highest BCUT2D eigenvalue weighted by Crippen LogP contribution is 2.46. The largest absolute Gasteiger partial charge is 0.505 e. The van der Waals surface area contributed by atoms with E-state index in [4.69, 9.17) is 21.1 Å². The first-order chi connectivity index (χ1) is 22.7. The van der Waals surface area contributed by atoms with Crippen LogP contribution >= 0.6 is 34.7 Å². The number of Topliss-reactive ketones (excluding diaryl/α,β-unsaturated/α-hetero) is 1. The van der Waals surface area contributed by atoms with Crippen LogP contribution in [0.5, 0.6) is 11.5 Å². The zero-order valence-corrected chi connectivity index (χ0v) is 28.5. The molecular weight excluding hydrogens is 658 g/mol. The zero-order valence-electron chi connectivity index (χ0n) is 26.1. The second-order valence-electron chi connectivity index (χ2n) is 11.4. The van der Waals surface area contributed by atoms with Crippen molar-refractivity contribution in [1.29, 1.82) is 0 Å². The maximum Gasteiger partial charge on any atom is 0.301 e. The number of thioether (sulfide) groups is 1. The van der Waals surface area contributed by atoms with Gasteiger partial charge in [-0.05, 0) is 66.8 Å². The Kier molecular flexibility index (Phi) is 9.53. The average Bonchev–Trinajstić information content (AvgIpc) is 3.73. The van der Waals surface area contributed by atoms with E-state index in [1.807, 2.05) is 30.3 Å². The quantitative estimate of drug-likeness (QED) is 0.0494. The molecule has 1 atom stereocenters. The number of methoxy groups -OCH3 is 1. The van der Waals surface area contributed by atoms with Gasteiger partial charge in [0.05, 0.1) is 31.0 Å². The first-order valence-electron chi connectivity index (χ1n) is 14.9. The lowest BCUT2D eigenvalue weighted by Crippen LogP contribution is -2.29. The van der Waals surface area contributed by atoms with Gasteiger partial charge in [0.25, 0.3) is 5.78 Å². The van der Waals surface area contributed by atoms with E-state index < -0.39 is 17.7 Å². The summed E-state index contributed by atoms with van der Waals surface area (Å²) in [4.78, 5) is 33.6. The molecule has 5 aromatic rings. The Balaban J connectivity index is 1.43. The van der Waals surface area contributed by atoms with Gasteiger partial charge in [-0.1, -0.05) is 72.8 Å². The summed E-state index contributed by atoms with van der Waals surface area (Å²) < 4.78 is 14.0. The number of aryl methyl sites for hydroxylation is 1. The molecule has 1 unspecified atom stereocenters. The van der Waals surface area contributed by atoms with Crippen LogP contribution in [-0.4, -0.2) is 50.1 Å². The first-order valence-corrected chi connectivity index (χ1v) is 17.1. The molecular formula is C34H32ClN5O5S2. The third-order valence-corrected chi connectivity index (χ3v) is 10.1. The smallest absolute Gasteiger partial charge is 0.301 e. The van der Waals surface area contributed by atoms with Gasteiger partial charge in [-0.3, -0.25) is 18.9 Å². The standard InChI is InChI=1S/C34H32ClN5O5S2/c1-19(2)14-16-45-24-13-10-22(17-25(24)44-4)29-27(30(41)28-20(3)36-26-7-5-6-15-39(26)28)31(42)32(43)40(29)33-37-38-34(47-33)46-18-21-8-11-23(35)12-9-21/h5-13,15,17,19,29,41H,14,16,18H2,1-4H3/b30-27+. The molecule has 2 aromatic carbocycles. The van der Waals surface area contributed by atoms with Crippen LogP contribution in [0, 0.1) is 12.8 Å². The molecule has 1 saturated heterocycles. The minimum atomic E-state index is -1.04. The highest BCUT2D eigenvalue weighted by atomic mass is 35.5.